The minimum absolute atomic E-state index is 0.412. The van der Waals surface area contributed by atoms with Gasteiger partial charge in [0.25, 0.3) is 0 Å². The summed E-state index contributed by atoms with van der Waals surface area (Å²) in [7, 11) is 0. The number of hydrogen-bond donors (Lipinski definition) is 1. The van der Waals surface area contributed by atoms with Crippen molar-refractivity contribution in [3.63, 3.8) is 0 Å². The van der Waals surface area contributed by atoms with E-state index in [2.05, 4.69) is 21.5 Å². The van der Waals surface area contributed by atoms with E-state index in [1.165, 1.54) is 32.1 Å². The molecular weight excluding hydrogens is 218 g/mol. The van der Waals surface area contributed by atoms with Gasteiger partial charge in [0.05, 0.1) is 6.20 Å². The van der Waals surface area contributed by atoms with E-state index in [-0.39, 0.29) is 0 Å². The first-order chi connectivity index (χ1) is 7.85. The minimum atomic E-state index is 0.412. The normalized spacial score (nSPS) is 19.3. The van der Waals surface area contributed by atoms with Crippen molar-refractivity contribution >= 4 is 17.6 Å². The maximum Gasteiger partial charge on any atom is 0.144 e. The molecule has 0 spiro atoms. The lowest BCUT2D eigenvalue weighted by Crippen LogP contribution is -2.35. The number of aromatic nitrogens is 2. The Hall–Kier alpha value is -0.770. The Morgan fingerprint density at radius 2 is 2.12 bits per heavy atom. The Labute approximate surface area is 101 Å². The van der Waals surface area contributed by atoms with E-state index < -0.39 is 0 Å². The minimum Gasteiger partial charge on any atom is -0.367 e. The van der Waals surface area contributed by atoms with Crippen molar-refractivity contribution in [3.05, 3.63) is 18.6 Å². The fraction of sp³-hybridized carbons (Fsp3) is 0.667. The number of hydrogen-bond acceptors (Lipinski definition) is 4. The van der Waals surface area contributed by atoms with E-state index in [0.29, 0.717) is 4.75 Å². The Kier molecular flexibility index (Phi) is 4.04. The van der Waals surface area contributed by atoms with Gasteiger partial charge in [-0.05, 0) is 19.1 Å². The Morgan fingerprint density at radius 3 is 2.75 bits per heavy atom. The molecule has 0 unspecified atom stereocenters. The van der Waals surface area contributed by atoms with Crippen molar-refractivity contribution in [2.24, 2.45) is 0 Å². The molecule has 88 valence electrons. The molecule has 2 rings (SSSR count). The van der Waals surface area contributed by atoms with Crippen LogP contribution in [0.2, 0.25) is 0 Å². The second-order valence-corrected chi connectivity index (χ2v) is 5.67. The molecule has 3 nitrogen and oxygen atoms in total. The quantitative estimate of drug-likeness (QED) is 0.873. The summed E-state index contributed by atoms with van der Waals surface area (Å²) in [5.74, 6) is 0.890. The fourth-order valence-electron chi connectivity index (χ4n) is 2.29. The van der Waals surface area contributed by atoms with E-state index in [1.807, 2.05) is 11.8 Å². The highest BCUT2D eigenvalue weighted by Crippen LogP contribution is 2.38. The van der Waals surface area contributed by atoms with E-state index in [9.17, 15) is 0 Å². The lowest BCUT2D eigenvalue weighted by Gasteiger charge is -2.35. The molecule has 0 bridgehead atoms. The van der Waals surface area contributed by atoms with Gasteiger partial charge in [0, 0.05) is 23.7 Å². The third-order valence-electron chi connectivity index (χ3n) is 3.35. The van der Waals surface area contributed by atoms with Gasteiger partial charge in [-0.2, -0.15) is 11.8 Å². The summed E-state index contributed by atoms with van der Waals surface area (Å²) in [5.41, 5.74) is 0. The zero-order valence-electron chi connectivity index (χ0n) is 9.78. The van der Waals surface area contributed by atoms with Crippen molar-refractivity contribution in [2.45, 2.75) is 36.9 Å². The fourth-order valence-corrected chi connectivity index (χ4v) is 3.20. The molecule has 1 aliphatic rings. The van der Waals surface area contributed by atoms with Crippen LogP contribution >= 0.6 is 11.8 Å². The molecule has 1 heterocycles. The molecular formula is C12H19N3S. The van der Waals surface area contributed by atoms with Crippen LogP contribution in [0.25, 0.3) is 0 Å². The number of thioether (sulfide) groups is 1. The zero-order chi connectivity index (χ0) is 11.3. The van der Waals surface area contributed by atoms with E-state index >= 15 is 0 Å². The molecule has 1 aromatic heterocycles. The van der Waals surface area contributed by atoms with E-state index in [1.54, 1.807) is 18.6 Å². The van der Waals surface area contributed by atoms with Crippen LogP contribution < -0.4 is 5.32 Å². The maximum atomic E-state index is 4.25. The first kappa shape index (κ1) is 11.7. The number of nitrogens with one attached hydrogen (secondary N) is 1. The smallest absolute Gasteiger partial charge is 0.144 e. The van der Waals surface area contributed by atoms with Crippen LogP contribution in [0.1, 0.15) is 32.1 Å². The molecule has 0 amide bonds. The first-order valence-corrected chi connectivity index (χ1v) is 7.12. The zero-order valence-corrected chi connectivity index (χ0v) is 10.6. The average molecular weight is 237 g/mol. The number of anilines is 1. The predicted molar refractivity (Wildman–Crippen MR) is 69.9 cm³/mol. The summed E-state index contributed by atoms with van der Waals surface area (Å²) in [6.07, 6.45) is 14.2. The van der Waals surface area contributed by atoms with Crippen LogP contribution in [0, 0.1) is 0 Å². The molecule has 1 fully saturated rings. The number of rotatable bonds is 4. The van der Waals surface area contributed by atoms with Crippen molar-refractivity contribution in [1.29, 1.82) is 0 Å². The van der Waals surface area contributed by atoms with Gasteiger partial charge in [0.1, 0.15) is 5.82 Å². The van der Waals surface area contributed by atoms with Gasteiger partial charge in [-0.25, -0.2) is 4.98 Å². The Morgan fingerprint density at radius 1 is 1.31 bits per heavy atom. The average Bonchev–Trinajstić information content (AvgIpc) is 2.39. The molecule has 1 N–H and O–H groups in total. The van der Waals surface area contributed by atoms with Crippen molar-refractivity contribution in [1.82, 2.24) is 9.97 Å². The van der Waals surface area contributed by atoms with Crippen LogP contribution in [0.15, 0.2) is 18.6 Å². The van der Waals surface area contributed by atoms with Crippen LogP contribution in [0.5, 0.6) is 0 Å². The molecule has 0 atom stereocenters. The van der Waals surface area contributed by atoms with Crippen LogP contribution in [0.4, 0.5) is 5.82 Å². The van der Waals surface area contributed by atoms with Gasteiger partial charge in [-0.1, -0.05) is 19.3 Å². The highest BCUT2D eigenvalue weighted by Gasteiger charge is 2.30. The SMILES string of the molecule is CSC1(CNc2cnccn2)CCCCC1. The number of nitrogens with zero attached hydrogens (tertiary/aromatic N) is 2. The molecule has 1 saturated carbocycles. The molecule has 0 radical (unpaired) electrons. The highest BCUT2D eigenvalue weighted by molar-refractivity contribution is 8.00. The molecule has 0 aromatic carbocycles. The Bertz CT molecular complexity index is 309. The summed E-state index contributed by atoms with van der Waals surface area (Å²) in [6.45, 7) is 1.01. The maximum absolute atomic E-state index is 4.25. The third kappa shape index (κ3) is 2.88. The molecule has 1 aromatic rings. The second-order valence-electron chi connectivity index (χ2n) is 4.39. The highest BCUT2D eigenvalue weighted by atomic mass is 32.2. The van der Waals surface area contributed by atoms with Crippen molar-refractivity contribution in [3.8, 4) is 0 Å². The monoisotopic (exact) mass is 237 g/mol. The lowest BCUT2D eigenvalue weighted by molar-refractivity contribution is 0.411. The van der Waals surface area contributed by atoms with Gasteiger partial charge in [0.15, 0.2) is 0 Å². The van der Waals surface area contributed by atoms with Gasteiger partial charge >= 0.3 is 0 Å². The topological polar surface area (TPSA) is 37.8 Å². The summed E-state index contributed by atoms with van der Waals surface area (Å²) in [5, 5.41) is 3.41. The predicted octanol–water partition coefficient (Wildman–Crippen LogP) is 2.95. The van der Waals surface area contributed by atoms with E-state index in [4.69, 9.17) is 0 Å². The van der Waals surface area contributed by atoms with Crippen molar-refractivity contribution in [2.75, 3.05) is 18.1 Å². The van der Waals surface area contributed by atoms with Crippen LogP contribution in [-0.2, 0) is 0 Å². The molecule has 1 aliphatic carbocycles. The Balaban J connectivity index is 1.92. The first-order valence-electron chi connectivity index (χ1n) is 5.90. The molecule has 0 saturated heterocycles. The lowest BCUT2D eigenvalue weighted by atomic mass is 9.88. The third-order valence-corrected chi connectivity index (χ3v) is 4.77. The van der Waals surface area contributed by atoms with Gasteiger partial charge in [0.2, 0.25) is 0 Å². The molecule has 16 heavy (non-hydrogen) atoms. The molecule has 0 aliphatic heterocycles. The van der Waals surface area contributed by atoms with Crippen molar-refractivity contribution < 1.29 is 0 Å². The second kappa shape index (κ2) is 5.53. The summed E-state index contributed by atoms with van der Waals surface area (Å²) >= 11 is 2.00. The summed E-state index contributed by atoms with van der Waals surface area (Å²) in [6, 6.07) is 0. The largest absolute Gasteiger partial charge is 0.367 e. The summed E-state index contributed by atoms with van der Waals surface area (Å²) < 4.78 is 0.412. The van der Waals surface area contributed by atoms with E-state index in [0.717, 1.165) is 12.4 Å². The molecule has 4 heteroatoms. The van der Waals surface area contributed by atoms with Gasteiger partial charge in [-0.3, -0.25) is 4.98 Å². The van der Waals surface area contributed by atoms with Gasteiger partial charge in [-0.15, -0.1) is 0 Å². The van der Waals surface area contributed by atoms with Crippen LogP contribution in [-0.4, -0.2) is 27.5 Å². The standard InChI is InChI=1S/C12H19N3S/c1-16-12(5-3-2-4-6-12)10-15-11-9-13-7-8-14-11/h7-9H,2-6,10H2,1H3,(H,14,15). The summed E-state index contributed by atoms with van der Waals surface area (Å²) in [4.78, 5) is 8.31. The van der Waals surface area contributed by atoms with Gasteiger partial charge < -0.3 is 5.32 Å². The van der Waals surface area contributed by atoms with Crippen LogP contribution in [0.3, 0.4) is 0 Å².